The number of benzene rings is 1. The maximum absolute atomic E-state index is 12.9. The Morgan fingerprint density at radius 3 is 2.59 bits per heavy atom. The average Bonchev–Trinajstić information content (AvgIpc) is 2.47. The summed E-state index contributed by atoms with van der Waals surface area (Å²) in [6.45, 7) is 0. The Labute approximate surface area is 136 Å². The fraction of sp³-hybridized carbons (Fsp3) is 0.500. The SMILES string of the molecule is CN(C)c1ccc(C(F)(F)F)cc1NC(=O)C1CSCCS1. The predicted molar refractivity (Wildman–Crippen MR) is 88.0 cm³/mol. The summed E-state index contributed by atoms with van der Waals surface area (Å²) in [6.07, 6.45) is -4.43. The number of hydrogen-bond donors (Lipinski definition) is 1. The minimum absolute atomic E-state index is 0.195. The lowest BCUT2D eigenvalue weighted by molar-refractivity contribution is -0.137. The van der Waals surface area contributed by atoms with Gasteiger partial charge in [-0.2, -0.15) is 24.9 Å². The van der Waals surface area contributed by atoms with Crippen molar-refractivity contribution in [2.24, 2.45) is 0 Å². The second-order valence-corrected chi connectivity index (χ2v) is 7.51. The van der Waals surface area contributed by atoms with E-state index < -0.39 is 11.7 Å². The lowest BCUT2D eigenvalue weighted by Gasteiger charge is -2.23. The van der Waals surface area contributed by atoms with Gasteiger partial charge in [0.25, 0.3) is 0 Å². The van der Waals surface area contributed by atoms with Crippen molar-refractivity contribution in [3.63, 3.8) is 0 Å². The third kappa shape index (κ3) is 4.25. The zero-order valence-electron chi connectivity index (χ0n) is 12.2. The van der Waals surface area contributed by atoms with Gasteiger partial charge in [-0.05, 0) is 18.2 Å². The van der Waals surface area contributed by atoms with Crippen LogP contribution < -0.4 is 10.2 Å². The number of carbonyl (C=O) groups is 1. The van der Waals surface area contributed by atoms with Crippen LogP contribution >= 0.6 is 23.5 Å². The van der Waals surface area contributed by atoms with Crippen LogP contribution in [0.3, 0.4) is 0 Å². The number of hydrogen-bond acceptors (Lipinski definition) is 4. The van der Waals surface area contributed by atoms with E-state index in [1.54, 1.807) is 42.5 Å². The van der Waals surface area contributed by atoms with E-state index >= 15 is 0 Å². The van der Waals surface area contributed by atoms with E-state index in [-0.39, 0.29) is 16.8 Å². The molecule has 1 unspecified atom stereocenters. The molecule has 1 fully saturated rings. The number of rotatable bonds is 3. The molecule has 0 aliphatic carbocycles. The highest BCUT2D eigenvalue weighted by Crippen LogP contribution is 2.35. The molecule has 1 aromatic carbocycles. The van der Waals surface area contributed by atoms with E-state index in [1.807, 2.05) is 0 Å². The Kier molecular flexibility index (Phi) is 5.55. The molecule has 1 saturated heterocycles. The van der Waals surface area contributed by atoms with Gasteiger partial charge >= 0.3 is 6.18 Å². The van der Waals surface area contributed by atoms with Gasteiger partial charge in [-0.15, -0.1) is 11.8 Å². The molecule has 0 saturated carbocycles. The molecule has 1 atom stereocenters. The summed E-state index contributed by atoms with van der Waals surface area (Å²) in [5.41, 5.74) is -0.0186. The van der Waals surface area contributed by atoms with Gasteiger partial charge in [-0.25, -0.2) is 0 Å². The summed E-state index contributed by atoms with van der Waals surface area (Å²) >= 11 is 3.23. The monoisotopic (exact) mass is 350 g/mol. The van der Waals surface area contributed by atoms with Crippen LogP contribution in [-0.4, -0.2) is 42.5 Å². The molecule has 0 aromatic heterocycles. The van der Waals surface area contributed by atoms with Gasteiger partial charge in [0.1, 0.15) is 0 Å². The highest BCUT2D eigenvalue weighted by Gasteiger charge is 2.32. The molecule has 8 heteroatoms. The van der Waals surface area contributed by atoms with Crippen molar-refractivity contribution >= 4 is 40.8 Å². The van der Waals surface area contributed by atoms with Crippen LogP contribution in [0, 0.1) is 0 Å². The first-order valence-electron chi connectivity index (χ1n) is 6.68. The van der Waals surface area contributed by atoms with Crippen molar-refractivity contribution in [2.45, 2.75) is 11.4 Å². The van der Waals surface area contributed by atoms with E-state index in [2.05, 4.69) is 5.32 Å². The van der Waals surface area contributed by atoms with E-state index in [1.165, 1.54) is 6.07 Å². The average molecular weight is 350 g/mol. The van der Waals surface area contributed by atoms with Crippen molar-refractivity contribution in [1.82, 2.24) is 0 Å². The first kappa shape index (κ1) is 17.3. The van der Waals surface area contributed by atoms with Gasteiger partial charge in [-0.3, -0.25) is 4.79 Å². The molecule has 3 nitrogen and oxygen atoms in total. The molecular formula is C14H17F3N2OS2. The lowest BCUT2D eigenvalue weighted by atomic mass is 10.1. The zero-order chi connectivity index (χ0) is 16.3. The lowest BCUT2D eigenvalue weighted by Crippen LogP contribution is -2.30. The quantitative estimate of drug-likeness (QED) is 0.903. The summed E-state index contributed by atoms with van der Waals surface area (Å²) in [6, 6.07) is 3.39. The van der Waals surface area contributed by atoms with Crippen LogP contribution in [0.5, 0.6) is 0 Å². The Balaban J connectivity index is 2.24. The first-order chi connectivity index (χ1) is 10.3. The molecule has 1 amide bonds. The normalized spacial score (nSPS) is 18.9. The number of amides is 1. The van der Waals surface area contributed by atoms with Gasteiger partial charge < -0.3 is 10.2 Å². The Bertz CT molecular complexity index is 543. The van der Waals surface area contributed by atoms with E-state index in [0.29, 0.717) is 11.4 Å². The Morgan fingerprint density at radius 2 is 2.05 bits per heavy atom. The van der Waals surface area contributed by atoms with Crippen molar-refractivity contribution < 1.29 is 18.0 Å². The van der Waals surface area contributed by atoms with Gasteiger partial charge in [0.15, 0.2) is 0 Å². The fourth-order valence-electron chi connectivity index (χ4n) is 2.05. The van der Waals surface area contributed by atoms with Crippen LogP contribution in [-0.2, 0) is 11.0 Å². The van der Waals surface area contributed by atoms with Crippen LogP contribution in [0.2, 0.25) is 0 Å². The first-order valence-corrected chi connectivity index (χ1v) is 8.88. The number of alkyl halides is 3. The molecule has 1 N–H and O–H groups in total. The Morgan fingerprint density at radius 1 is 1.32 bits per heavy atom. The van der Waals surface area contributed by atoms with Gasteiger partial charge in [0.05, 0.1) is 22.2 Å². The molecule has 0 spiro atoms. The second kappa shape index (κ2) is 7.04. The largest absolute Gasteiger partial charge is 0.416 e. The molecule has 0 bridgehead atoms. The standard InChI is InChI=1S/C14H17F3N2OS2/c1-19(2)11-4-3-9(14(15,16)17)7-10(11)18-13(20)12-8-21-5-6-22-12/h3-4,7,12H,5-6,8H2,1-2H3,(H,18,20). The topological polar surface area (TPSA) is 32.3 Å². The number of nitrogens with one attached hydrogen (secondary N) is 1. The number of nitrogens with zero attached hydrogens (tertiary/aromatic N) is 1. The van der Waals surface area contributed by atoms with Crippen LogP contribution in [0.1, 0.15) is 5.56 Å². The summed E-state index contributed by atoms with van der Waals surface area (Å²) in [4.78, 5) is 13.9. The van der Waals surface area contributed by atoms with E-state index in [9.17, 15) is 18.0 Å². The minimum atomic E-state index is -4.43. The number of thioether (sulfide) groups is 2. The molecule has 22 heavy (non-hydrogen) atoms. The predicted octanol–water partition coefficient (Wildman–Crippen LogP) is 3.56. The van der Waals surface area contributed by atoms with Crippen LogP contribution in [0.15, 0.2) is 18.2 Å². The molecule has 0 radical (unpaired) electrons. The summed E-state index contributed by atoms with van der Waals surface area (Å²) < 4.78 is 38.6. The van der Waals surface area contributed by atoms with E-state index in [0.717, 1.165) is 23.6 Å². The maximum atomic E-state index is 12.9. The van der Waals surface area contributed by atoms with Gasteiger partial charge in [0, 0.05) is 31.4 Å². The third-order valence-corrected chi connectivity index (χ3v) is 5.93. The fourth-order valence-corrected chi connectivity index (χ4v) is 4.61. The molecule has 1 aromatic rings. The number of halogens is 3. The number of anilines is 2. The molecule has 122 valence electrons. The van der Waals surface area contributed by atoms with Crippen molar-refractivity contribution in [3.05, 3.63) is 23.8 Å². The number of carbonyl (C=O) groups excluding carboxylic acids is 1. The second-order valence-electron chi connectivity index (χ2n) is 5.05. The molecule has 1 aliphatic rings. The molecule has 2 rings (SSSR count). The summed E-state index contributed by atoms with van der Waals surface area (Å²) in [5, 5.41) is 2.44. The minimum Gasteiger partial charge on any atom is -0.376 e. The molecular weight excluding hydrogens is 333 g/mol. The van der Waals surface area contributed by atoms with Crippen LogP contribution in [0.25, 0.3) is 0 Å². The summed E-state index contributed by atoms with van der Waals surface area (Å²) in [5.74, 6) is 2.33. The maximum Gasteiger partial charge on any atom is 0.416 e. The van der Waals surface area contributed by atoms with Crippen molar-refractivity contribution in [2.75, 3.05) is 41.6 Å². The zero-order valence-corrected chi connectivity index (χ0v) is 13.9. The van der Waals surface area contributed by atoms with Gasteiger partial charge in [-0.1, -0.05) is 0 Å². The van der Waals surface area contributed by atoms with Crippen molar-refractivity contribution in [3.8, 4) is 0 Å². The highest BCUT2D eigenvalue weighted by atomic mass is 32.2. The Hall–Kier alpha value is -1.02. The molecule has 1 heterocycles. The van der Waals surface area contributed by atoms with Crippen molar-refractivity contribution in [1.29, 1.82) is 0 Å². The third-order valence-electron chi connectivity index (χ3n) is 3.17. The highest BCUT2D eigenvalue weighted by molar-refractivity contribution is 8.07. The van der Waals surface area contributed by atoms with E-state index in [4.69, 9.17) is 0 Å². The van der Waals surface area contributed by atoms with Gasteiger partial charge in [0.2, 0.25) is 5.91 Å². The summed E-state index contributed by atoms with van der Waals surface area (Å²) in [7, 11) is 3.45. The smallest absolute Gasteiger partial charge is 0.376 e. The van der Waals surface area contributed by atoms with Crippen LogP contribution in [0.4, 0.5) is 24.5 Å². The molecule has 1 aliphatic heterocycles.